The fourth-order valence-corrected chi connectivity index (χ4v) is 1.65. The normalized spacial score (nSPS) is 10.9. The quantitative estimate of drug-likeness (QED) is 0.335. The number of guanidine groups is 1. The number of rotatable bonds is 6. The van der Waals surface area contributed by atoms with Crippen LogP contribution < -0.4 is 10.6 Å². The molecule has 114 valence electrons. The van der Waals surface area contributed by atoms with Crippen LogP contribution in [0, 0.1) is 11.6 Å². The third-order valence-corrected chi connectivity index (χ3v) is 2.74. The molecule has 1 aromatic rings. The smallest absolute Gasteiger partial charge is 0.190 e. The molecule has 0 aliphatic carbocycles. The third-order valence-electron chi connectivity index (χ3n) is 2.74. The highest BCUT2D eigenvalue weighted by Crippen LogP contribution is 2.09. The summed E-state index contributed by atoms with van der Waals surface area (Å²) < 4.78 is 26.4. The van der Waals surface area contributed by atoms with E-state index in [2.05, 4.69) is 22.5 Å². The first-order valence-corrected chi connectivity index (χ1v) is 6.55. The minimum atomic E-state index is -0.415. The number of hydrogen-bond acceptors (Lipinski definition) is 1. The molecule has 0 aliphatic heterocycles. The lowest BCUT2D eigenvalue weighted by molar-refractivity contribution is 0.583. The van der Waals surface area contributed by atoms with E-state index < -0.39 is 5.82 Å². The van der Waals surface area contributed by atoms with Crippen molar-refractivity contribution in [2.45, 2.75) is 26.2 Å². The van der Waals surface area contributed by atoms with Crippen molar-refractivity contribution in [2.75, 3.05) is 20.1 Å². The van der Waals surface area contributed by atoms with Gasteiger partial charge in [0.1, 0.15) is 11.6 Å². The fraction of sp³-hybridized carbons (Fsp3) is 0.500. The number of benzene rings is 1. The van der Waals surface area contributed by atoms with Gasteiger partial charge in [0, 0.05) is 20.1 Å². The molecule has 1 rings (SSSR count). The Morgan fingerprint density at radius 2 is 1.90 bits per heavy atom. The highest BCUT2D eigenvalue weighted by Gasteiger charge is 2.04. The molecule has 0 saturated carbocycles. The van der Waals surface area contributed by atoms with E-state index in [1.165, 1.54) is 6.07 Å². The first kappa shape index (κ1) is 19.1. The lowest BCUT2D eigenvalue weighted by atomic mass is 10.1. The predicted molar refractivity (Wildman–Crippen MR) is 89.7 cm³/mol. The van der Waals surface area contributed by atoms with Gasteiger partial charge in [-0.2, -0.15) is 0 Å². The molecule has 20 heavy (non-hydrogen) atoms. The molecule has 0 spiro atoms. The molecular weight excluding hydrogens is 375 g/mol. The van der Waals surface area contributed by atoms with Crippen molar-refractivity contribution in [2.24, 2.45) is 4.99 Å². The molecule has 3 nitrogen and oxygen atoms in total. The van der Waals surface area contributed by atoms with Crippen LogP contribution in [0.5, 0.6) is 0 Å². The Morgan fingerprint density at radius 3 is 2.55 bits per heavy atom. The Hall–Kier alpha value is -0.920. The van der Waals surface area contributed by atoms with Crippen molar-refractivity contribution in [3.8, 4) is 0 Å². The SMILES string of the molecule is CCCCNC(=NC)NCCc1cc(F)ccc1F.I. The van der Waals surface area contributed by atoms with Crippen LogP contribution in [-0.2, 0) is 6.42 Å². The molecule has 0 heterocycles. The molecule has 6 heteroatoms. The highest BCUT2D eigenvalue weighted by atomic mass is 127. The summed E-state index contributed by atoms with van der Waals surface area (Å²) in [5, 5.41) is 6.23. The first-order chi connectivity index (χ1) is 9.17. The van der Waals surface area contributed by atoms with Gasteiger partial charge in [-0.15, -0.1) is 24.0 Å². The van der Waals surface area contributed by atoms with Gasteiger partial charge in [0.05, 0.1) is 0 Å². The number of hydrogen-bond donors (Lipinski definition) is 2. The predicted octanol–water partition coefficient (Wildman–Crippen LogP) is 3.09. The van der Waals surface area contributed by atoms with Gasteiger partial charge in [0.25, 0.3) is 0 Å². The van der Waals surface area contributed by atoms with Crippen LogP contribution in [0.25, 0.3) is 0 Å². The van der Waals surface area contributed by atoms with Gasteiger partial charge in [0.2, 0.25) is 0 Å². The molecule has 2 N–H and O–H groups in total. The van der Waals surface area contributed by atoms with Crippen molar-refractivity contribution in [1.82, 2.24) is 10.6 Å². The molecule has 0 aromatic heterocycles. The van der Waals surface area contributed by atoms with E-state index in [1.807, 2.05) is 0 Å². The van der Waals surface area contributed by atoms with Crippen molar-refractivity contribution < 1.29 is 8.78 Å². The number of nitrogens with zero attached hydrogens (tertiary/aromatic N) is 1. The van der Waals surface area contributed by atoms with Crippen LogP contribution in [0.15, 0.2) is 23.2 Å². The van der Waals surface area contributed by atoms with Crippen molar-refractivity contribution in [1.29, 1.82) is 0 Å². The van der Waals surface area contributed by atoms with E-state index in [-0.39, 0.29) is 29.8 Å². The molecule has 0 unspecified atom stereocenters. The van der Waals surface area contributed by atoms with E-state index in [4.69, 9.17) is 0 Å². The van der Waals surface area contributed by atoms with Gasteiger partial charge in [-0.3, -0.25) is 4.99 Å². The minimum absolute atomic E-state index is 0. The lowest BCUT2D eigenvalue weighted by Gasteiger charge is -2.11. The largest absolute Gasteiger partial charge is 0.356 e. The molecule has 0 bridgehead atoms. The van der Waals surface area contributed by atoms with E-state index in [0.29, 0.717) is 24.5 Å². The molecule has 0 fully saturated rings. The Balaban J connectivity index is 0.00000361. The second-order valence-electron chi connectivity index (χ2n) is 4.27. The van der Waals surface area contributed by atoms with Gasteiger partial charge >= 0.3 is 0 Å². The molecule has 1 aromatic carbocycles. The summed E-state index contributed by atoms with van der Waals surface area (Å²) in [6, 6.07) is 3.50. The summed E-state index contributed by atoms with van der Waals surface area (Å²) in [5.41, 5.74) is 0.372. The summed E-state index contributed by atoms with van der Waals surface area (Å²) in [5.74, 6) is -0.107. The van der Waals surface area contributed by atoms with Crippen LogP contribution in [0.4, 0.5) is 8.78 Å². The summed E-state index contributed by atoms with van der Waals surface area (Å²) >= 11 is 0. The Kier molecular flexibility index (Phi) is 10.3. The number of unbranched alkanes of at least 4 members (excludes halogenated alkanes) is 1. The summed E-state index contributed by atoms with van der Waals surface area (Å²) in [6.45, 7) is 3.47. The zero-order chi connectivity index (χ0) is 14.1. The molecule has 0 radical (unpaired) electrons. The van der Waals surface area contributed by atoms with Crippen molar-refractivity contribution in [3.05, 3.63) is 35.4 Å². The molecule has 0 aliphatic rings. The van der Waals surface area contributed by atoms with Gasteiger partial charge in [-0.25, -0.2) is 8.78 Å². The Bertz CT molecular complexity index is 425. The Labute approximate surface area is 136 Å². The topological polar surface area (TPSA) is 36.4 Å². The third kappa shape index (κ3) is 7.02. The van der Waals surface area contributed by atoms with Crippen LogP contribution >= 0.6 is 24.0 Å². The van der Waals surface area contributed by atoms with Gasteiger partial charge in [0.15, 0.2) is 5.96 Å². The summed E-state index contributed by atoms with van der Waals surface area (Å²) in [4.78, 5) is 4.06. The van der Waals surface area contributed by atoms with E-state index in [1.54, 1.807) is 7.05 Å². The monoisotopic (exact) mass is 397 g/mol. The zero-order valence-corrected chi connectivity index (χ0v) is 14.2. The van der Waals surface area contributed by atoms with Crippen LogP contribution in [0.3, 0.4) is 0 Å². The van der Waals surface area contributed by atoms with Crippen LogP contribution in [0.2, 0.25) is 0 Å². The van der Waals surface area contributed by atoms with Gasteiger partial charge in [-0.1, -0.05) is 13.3 Å². The maximum atomic E-state index is 13.4. The van der Waals surface area contributed by atoms with Crippen LogP contribution in [0.1, 0.15) is 25.3 Å². The molecule has 0 saturated heterocycles. The fourth-order valence-electron chi connectivity index (χ4n) is 1.65. The van der Waals surface area contributed by atoms with E-state index in [0.717, 1.165) is 31.5 Å². The highest BCUT2D eigenvalue weighted by molar-refractivity contribution is 14.0. The average molecular weight is 397 g/mol. The maximum absolute atomic E-state index is 13.4. The van der Waals surface area contributed by atoms with Crippen LogP contribution in [-0.4, -0.2) is 26.1 Å². The summed E-state index contributed by atoms with van der Waals surface area (Å²) in [7, 11) is 1.68. The minimum Gasteiger partial charge on any atom is -0.356 e. The lowest BCUT2D eigenvalue weighted by Crippen LogP contribution is -2.38. The first-order valence-electron chi connectivity index (χ1n) is 6.55. The van der Waals surface area contributed by atoms with Crippen molar-refractivity contribution >= 4 is 29.9 Å². The van der Waals surface area contributed by atoms with E-state index in [9.17, 15) is 8.78 Å². The van der Waals surface area contributed by atoms with Gasteiger partial charge in [-0.05, 0) is 36.6 Å². The average Bonchev–Trinajstić information content (AvgIpc) is 2.41. The van der Waals surface area contributed by atoms with E-state index >= 15 is 0 Å². The summed E-state index contributed by atoms with van der Waals surface area (Å²) in [6.07, 6.45) is 2.59. The number of nitrogens with one attached hydrogen (secondary N) is 2. The van der Waals surface area contributed by atoms with Crippen molar-refractivity contribution in [3.63, 3.8) is 0 Å². The number of aliphatic imine (C=N–C) groups is 1. The standard InChI is InChI=1S/C14H21F2N3.HI/c1-3-4-8-18-14(17-2)19-9-7-11-10-12(15)5-6-13(11)16;/h5-6,10H,3-4,7-9H2,1-2H3,(H2,17,18,19);1H. The second-order valence-corrected chi connectivity index (χ2v) is 4.27. The van der Waals surface area contributed by atoms with Gasteiger partial charge < -0.3 is 10.6 Å². The second kappa shape index (κ2) is 10.8. The molecular formula is C14H22F2IN3. The molecule has 0 atom stereocenters. The maximum Gasteiger partial charge on any atom is 0.190 e. The Morgan fingerprint density at radius 1 is 1.20 bits per heavy atom. The molecule has 0 amide bonds. The zero-order valence-electron chi connectivity index (χ0n) is 11.9. The number of halogens is 3.